The lowest BCUT2D eigenvalue weighted by molar-refractivity contribution is -0.139. The topological polar surface area (TPSA) is 69.9 Å². The summed E-state index contributed by atoms with van der Waals surface area (Å²) in [5.41, 5.74) is 3.93. The Bertz CT molecular complexity index is 1860. The third kappa shape index (κ3) is 6.16. The molecule has 1 aromatic heterocycles. The maximum Gasteiger partial charge on any atom is 0.338 e. The van der Waals surface area contributed by atoms with E-state index in [2.05, 4.69) is 27.6 Å². The summed E-state index contributed by atoms with van der Waals surface area (Å²) < 4.78 is 14.4. The zero-order valence-electron chi connectivity index (χ0n) is 22.4. The van der Waals surface area contributed by atoms with Gasteiger partial charge in [-0.1, -0.05) is 82.6 Å². The standard InChI is InChI=1S/C31H25Cl2IN2O4S/c1-4-39-30(38)26-18(3)35-31-36(27(26)19-11-9-17(2)10-12-19)29(37)25(41-31)14-21-13-22(32)15-24(34)28(21)40-16-20-7-5-6-8-23(20)33/h5-15,27H,4,16H2,1-3H3/b25-14-/t27-/m1/s1. The molecule has 10 heteroatoms. The van der Waals surface area contributed by atoms with Crippen molar-refractivity contribution < 1.29 is 14.3 Å². The Morgan fingerprint density at radius 2 is 1.85 bits per heavy atom. The van der Waals surface area contributed by atoms with Crippen molar-refractivity contribution in [3.63, 3.8) is 0 Å². The third-order valence-electron chi connectivity index (χ3n) is 6.56. The van der Waals surface area contributed by atoms with Crippen LogP contribution in [0, 0.1) is 10.5 Å². The van der Waals surface area contributed by atoms with E-state index < -0.39 is 12.0 Å². The molecule has 1 aliphatic heterocycles. The van der Waals surface area contributed by atoms with Gasteiger partial charge in [-0.2, -0.15) is 0 Å². The van der Waals surface area contributed by atoms with Gasteiger partial charge in [0, 0.05) is 21.2 Å². The number of nitrogens with zero attached hydrogens (tertiary/aromatic N) is 2. The number of aromatic nitrogens is 1. The van der Waals surface area contributed by atoms with Crippen LogP contribution in [0.15, 0.2) is 81.7 Å². The maximum absolute atomic E-state index is 14.0. The van der Waals surface area contributed by atoms with Gasteiger partial charge < -0.3 is 9.47 Å². The quantitative estimate of drug-likeness (QED) is 0.160. The molecular weight excluding hydrogens is 694 g/mol. The normalized spacial score (nSPS) is 15.0. The molecule has 4 aromatic rings. The molecule has 0 amide bonds. The first kappa shape index (κ1) is 29.6. The van der Waals surface area contributed by atoms with Crippen molar-refractivity contribution >= 4 is 69.2 Å². The highest BCUT2D eigenvalue weighted by Crippen LogP contribution is 2.33. The van der Waals surface area contributed by atoms with Crippen LogP contribution >= 0.6 is 57.1 Å². The van der Waals surface area contributed by atoms with Crippen molar-refractivity contribution in [2.45, 2.75) is 33.4 Å². The molecule has 0 N–H and O–H groups in total. The van der Waals surface area contributed by atoms with Gasteiger partial charge in [-0.15, -0.1) is 0 Å². The zero-order chi connectivity index (χ0) is 29.3. The number of hydrogen-bond donors (Lipinski definition) is 0. The number of aryl methyl sites for hydroxylation is 1. The largest absolute Gasteiger partial charge is 0.487 e. The molecule has 0 unspecified atom stereocenters. The Hall–Kier alpha value is -2.92. The number of carbonyl (C=O) groups excluding carboxylic acids is 1. The van der Waals surface area contributed by atoms with Gasteiger partial charge in [0.1, 0.15) is 12.4 Å². The second-order valence-electron chi connectivity index (χ2n) is 9.40. The summed E-state index contributed by atoms with van der Waals surface area (Å²) in [6.07, 6.45) is 1.76. The molecule has 0 fully saturated rings. The predicted molar refractivity (Wildman–Crippen MR) is 172 cm³/mol. The zero-order valence-corrected chi connectivity index (χ0v) is 26.9. The van der Waals surface area contributed by atoms with Crippen LogP contribution < -0.4 is 19.6 Å². The molecule has 0 radical (unpaired) electrons. The van der Waals surface area contributed by atoms with Crippen molar-refractivity contribution in [1.82, 2.24) is 4.57 Å². The van der Waals surface area contributed by atoms with Crippen LogP contribution in [0.4, 0.5) is 0 Å². The molecule has 0 aliphatic carbocycles. The first-order chi connectivity index (χ1) is 19.7. The lowest BCUT2D eigenvalue weighted by atomic mass is 9.95. The fraction of sp³-hybridized carbons (Fsp3) is 0.194. The van der Waals surface area contributed by atoms with Crippen LogP contribution in [0.3, 0.4) is 0 Å². The fourth-order valence-electron chi connectivity index (χ4n) is 4.60. The van der Waals surface area contributed by atoms with E-state index in [9.17, 15) is 9.59 Å². The highest BCUT2D eigenvalue weighted by molar-refractivity contribution is 14.1. The summed E-state index contributed by atoms with van der Waals surface area (Å²) in [6.45, 7) is 5.96. The summed E-state index contributed by atoms with van der Waals surface area (Å²) in [5, 5.41) is 1.12. The van der Waals surface area contributed by atoms with E-state index in [1.807, 2.05) is 55.5 Å². The highest BCUT2D eigenvalue weighted by atomic mass is 127. The molecule has 0 bridgehead atoms. The number of thiazole rings is 1. The molecule has 0 spiro atoms. The second-order valence-corrected chi connectivity index (χ2v) is 12.4. The first-order valence-electron chi connectivity index (χ1n) is 12.8. The van der Waals surface area contributed by atoms with Gasteiger partial charge in [0.05, 0.1) is 32.0 Å². The minimum Gasteiger partial charge on any atom is -0.487 e. The molecule has 210 valence electrons. The molecule has 1 atom stereocenters. The summed E-state index contributed by atoms with van der Waals surface area (Å²) >= 11 is 16.2. The molecule has 3 aromatic carbocycles. The monoisotopic (exact) mass is 718 g/mol. The fourth-order valence-corrected chi connectivity index (χ4v) is 7.04. The average Bonchev–Trinajstić information content (AvgIpc) is 3.23. The van der Waals surface area contributed by atoms with E-state index in [1.54, 1.807) is 36.6 Å². The van der Waals surface area contributed by atoms with Gasteiger partial charge in [-0.05, 0) is 73.2 Å². The minimum atomic E-state index is -0.677. The Morgan fingerprint density at radius 3 is 2.56 bits per heavy atom. The smallest absolute Gasteiger partial charge is 0.338 e. The first-order valence-corrected chi connectivity index (χ1v) is 15.4. The van der Waals surface area contributed by atoms with Crippen LogP contribution in [0.1, 0.15) is 42.1 Å². The molecule has 0 saturated heterocycles. The maximum atomic E-state index is 14.0. The van der Waals surface area contributed by atoms with Gasteiger partial charge in [0.15, 0.2) is 4.80 Å². The van der Waals surface area contributed by atoms with Crippen molar-refractivity contribution in [3.05, 3.63) is 127 Å². The summed E-state index contributed by atoms with van der Waals surface area (Å²) in [4.78, 5) is 32.3. The van der Waals surface area contributed by atoms with Gasteiger partial charge in [-0.3, -0.25) is 9.36 Å². The van der Waals surface area contributed by atoms with Gasteiger partial charge in [0.2, 0.25) is 0 Å². The van der Waals surface area contributed by atoms with E-state index in [4.69, 9.17) is 32.7 Å². The van der Waals surface area contributed by atoms with Gasteiger partial charge in [0.25, 0.3) is 5.56 Å². The Kier molecular flexibility index (Phi) is 9.03. The molecule has 41 heavy (non-hydrogen) atoms. The number of ether oxygens (including phenoxy) is 2. The number of benzene rings is 3. The van der Waals surface area contributed by atoms with Crippen LogP contribution in [-0.2, 0) is 16.1 Å². The van der Waals surface area contributed by atoms with Crippen LogP contribution in [0.25, 0.3) is 6.08 Å². The lowest BCUT2D eigenvalue weighted by Crippen LogP contribution is -2.39. The number of halogens is 3. The number of esters is 1. The van der Waals surface area contributed by atoms with Crippen molar-refractivity contribution in [3.8, 4) is 5.75 Å². The van der Waals surface area contributed by atoms with E-state index in [1.165, 1.54) is 11.3 Å². The van der Waals surface area contributed by atoms with Gasteiger partial charge in [-0.25, -0.2) is 9.79 Å². The highest BCUT2D eigenvalue weighted by Gasteiger charge is 2.33. The lowest BCUT2D eigenvalue weighted by Gasteiger charge is -2.24. The van der Waals surface area contributed by atoms with Crippen LogP contribution in [0.5, 0.6) is 5.75 Å². The summed E-state index contributed by atoms with van der Waals surface area (Å²) in [6, 6.07) is 18.1. The average molecular weight is 719 g/mol. The van der Waals surface area contributed by atoms with E-state index in [-0.39, 0.29) is 18.8 Å². The Labute approximate surface area is 264 Å². The van der Waals surface area contributed by atoms with E-state index in [0.717, 1.165) is 20.3 Å². The molecular formula is C31H25Cl2IN2O4S. The van der Waals surface area contributed by atoms with E-state index >= 15 is 0 Å². The van der Waals surface area contributed by atoms with Crippen molar-refractivity contribution in [1.29, 1.82) is 0 Å². The molecule has 1 aliphatic rings. The third-order valence-corrected chi connectivity index (χ3v) is 8.93. The summed E-state index contributed by atoms with van der Waals surface area (Å²) in [7, 11) is 0. The van der Waals surface area contributed by atoms with Crippen molar-refractivity contribution in [2.24, 2.45) is 4.99 Å². The number of rotatable bonds is 7. The SMILES string of the molecule is CCOC(=O)C1=C(C)N=c2s/c(=C\c3cc(Cl)cc(I)c3OCc3ccccc3Cl)c(=O)n2[C@@H]1c1ccc(C)cc1. The number of carbonyl (C=O) groups is 1. The van der Waals surface area contributed by atoms with Crippen LogP contribution in [0.2, 0.25) is 10.0 Å². The summed E-state index contributed by atoms with van der Waals surface area (Å²) in [5.74, 6) is 0.0903. The molecule has 0 saturated carbocycles. The Balaban J connectivity index is 1.65. The Morgan fingerprint density at radius 1 is 1.12 bits per heavy atom. The predicted octanol–water partition coefficient (Wildman–Crippen LogP) is 6.60. The number of hydrogen-bond acceptors (Lipinski definition) is 6. The molecule has 5 rings (SSSR count). The minimum absolute atomic E-state index is 0.213. The van der Waals surface area contributed by atoms with Crippen LogP contribution in [-0.4, -0.2) is 17.1 Å². The van der Waals surface area contributed by atoms with Gasteiger partial charge >= 0.3 is 5.97 Å². The van der Waals surface area contributed by atoms with Crippen molar-refractivity contribution in [2.75, 3.05) is 6.61 Å². The second kappa shape index (κ2) is 12.5. The number of fused-ring (bicyclic) bond motifs is 1. The van der Waals surface area contributed by atoms with E-state index in [0.29, 0.717) is 42.0 Å². The molecule has 6 nitrogen and oxygen atoms in total. The molecule has 2 heterocycles. The number of allylic oxidation sites excluding steroid dienone is 1.